The lowest BCUT2D eigenvalue weighted by atomic mass is 9.80. The molecule has 5 heterocycles. The van der Waals surface area contributed by atoms with Crippen molar-refractivity contribution in [3.05, 3.63) is 52.5 Å². The van der Waals surface area contributed by atoms with Gasteiger partial charge in [-0.25, -0.2) is 0 Å². The summed E-state index contributed by atoms with van der Waals surface area (Å²) >= 11 is 3.02. The van der Waals surface area contributed by atoms with Crippen molar-refractivity contribution in [2.24, 2.45) is 0 Å². The molecule has 3 fully saturated rings. The van der Waals surface area contributed by atoms with Crippen LogP contribution in [0, 0.1) is 0 Å². The predicted octanol–water partition coefficient (Wildman–Crippen LogP) is 3.49. The van der Waals surface area contributed by atoms with E-state index < -0.39 is 11.6 Å². The number of carbonyl (C=O) groups excluding carboxylic acids is 4. The van der Waals surface area contributed by atoms with Gasteiger partial charge in [0, 0.05) is 22.1 Å². The summed E-state index contributed by atoms with van der Waals surface area (Å²) in [4.78, 5) is 61.5. The lowest BCUT2D eigenvalue weighted by molar-refractivity contribution is -0.143. The fourth-order valence-corrected chi connectivity index (χ4v) is 7.94. The quantitative estimate of drug-likeness (QED) is 0.566. The summed E-state index contributed by atoms with van der Waals surface area (Å²) in [5, 5.41) is 5.11. The zero-order chi connectivity index (χ0) is 24.9. The van der Waals surface area contributed by atoms with E-state index in [0.717, 1.165) is 28.7 Å². The Balaban J connectivity index is 1.24. The molecule has 2 saturated heterocycles. The number of amides is 3. The predicted molar refractivity (Wildman–Crippen MR) is 137 cm³/mol. The van der Waals surface area contributed by atoms with Crippen LogP contribution in [0.25, 0.3) is 9.40 Å². The number of ketones is 1. The van der Waals surface area contributed by atoms with Crippen LogP contribution >= 0.6 is 22.7 Å². The van der Waals surface area contributed by atoms with E-state index in [1.54, 1.807) is 45.5 Å². The van der Waals surface area contributed by atoms with Gasteiger partial charge in [0.15, 0.2) is 5.78 Å². The summed E-state index contributed by atoms with van der Waals surface area (Å²) in [6, 6.07) is 7.96. The van der Waals surface area contributed by atoms with Crippen LogP contribution in [0.4, 0.5) is 0 Å². The van der Waals surface area contributed by atoms with E-state index in [9.17, 15) is 19.2 Å². The Hall–Kier alpha value is -3.11. The van der Waals surface area contributed by atoms with E-state index in [4.69, 9.17) is 0 Å². The van der Waals surface area contributed by atoms with Crippen LogP contribution in [0.1, 0.15) is 58.7 Å². The van der Waals surface area contributed by atoms with Crippen molar-refractivity contribution in [3.63, 3.8) is 0 Å². The number of fused-ring (bicyclic) bond motifs is 2. The monoisotopic (exact) mass is 522 g/mol. The summed E-state index contributed by atoms with van der Waals surface area (Å²) in [7, 11) is 0. The van der Waals surface area contributed by atoms with Gasteiger partial charge < -0.3 is 15.1 Å². The summed E-state index contributed by atoms with van der Waals surface area (Å²) in [5.74, 6) is -0.851. The normalized spacial score (nSPS) is 23.2. The third-order valence-corrected chi connectivity index (χ3v) is 9.75. The number of rotatable bonds is 4. The molecule has 1 aliphatic carbocycles. The van der Waals surface area contributed by atoms with E-state index in [2.05, 4.69) is 10.3 Å². The Kier molecular flexibility index (Phi) is 5.88. The Morgan fingerprint density at radius 2 is 1.89 bits per heavy atom. The van der Waals surface area contributed by atoms with Gasteiger partial charge in [-0.05, 0) is 48.9 Å². The van der Waals surface area contributed by atoms with Gasteiger partial charge in [0.2, 0.25) is 5.91 Å². The first kappa shape index (κ1) is 23.3. The molecule has 0 radical (unpaired) electrons. The van der Waals surface area contributed by atoms with E-state index >= 15 is 0 Å². The number of hydrogen-bond donors (Lipinski definition) is 1. The largest absolute Gasteiger partial charge is 0.337 e. The minimum atomic E-state index is -1.03. The van der Waals surface area contributed by atoms with E-state index in [0.29, 0.717) is 36.4 Å². The van der Waals surface area contributed by atoms with E-state index in [-0.39, 0.29) is 36.1 Å². The van der Waals surface area contributed by atoms with Crippen LogP contribution < -0.4 is 5.32 Å². The van der Waals surface area contributed by atoms with Gasteiger partial charge in [0.05, 0.1) is 17.5 Å². The average molecular weight is 523 g/mol. The molecule has 36 heavy (non-hydrogen) atoms. The zero-order valence-electron chi connectivity index (χ0n) is 19.6. The molecule has 10 heteroatoms. The Morgan fingerprint density at radius 3 is 2.64 bits per heavy atom. The van der Waals surface area contributed by atoms with Crippen molar-refractivity contribution < 1.29 is 19.2 Å². The number of thiophene rings is 2. The molecule has 1 N–H and O–H groups in total. The summed E-state index contributed by atoms with van der Waals surface area (Å²) < 4.78 is 2.12. The van der Waals surface area contributed by atoms with Crippen LogP contribution in [0.2, 0.25) is 0 Å². The van der Waals surface area contributed by atoms with Gasteiger partial charge in [-0.2, -0.15) is 0 Å². The molecular weight excluding hydrogens is 496 g/mol. The lowest BCUT2D eigenvalue weighted by Gasteiger charge is -2.40. The highest BCUT2D eigenvalue weighted by Crippen LogP contribution is 2.37. The van der Waals surface area contributed by atoms with Crippen molar-refractivity contribution in [3.8, 4) is 0 Å². The maximum absolute atomic E-state index is 14.1. The van der Waals surface area contributed by atoms with Crippen LogP contribution in [0.5, 0.6) is 0 Å². The van der Waals surface area contributed by atoms with Crippen LogP contribution in [0.15, 0.2) is 41.9 Å². The number of nitrogens with zero attached hydrogens (tertiary/aromatic N) is 3. The number of hydrogen-bond acceptors (Lipinski definition) is 7. The molecule has 3 aromatic heterocycles. The highest BCUT2D eigenvalue weighted by atomic mass is 32.1. The second kappa shape index (κ2) is 9.08. The minimum absolute atomic E-state index is 0.0280. The smallest absolute Gasteiger partial charge is 0.273 e. The van der Waals surface area contributed by atoms with Crippen molar-refractivity contribution in [2.75, 3.05) is 13.1 Å². The standard InChI is InChI=1S/C26H26N4O4S2/c31-18-15-30(24(33)16-6-2-5-11-27-16)17-7-12-29(22(17)18)25(34)26(9-3-1-4-10-26)28-23(32)21-14-20-19(36-21)8-13-35-20/h2,5-6,8,11,13-14,17,22H,1,3-4,7,9-10,12,15H2,(H,28,32). The number of aromatic nitrogens is 1. The number of likely N-dealkylation sites (tertiary alicyclic amines) is 2. The third kappa shape index (κ3) is 3.83. The number of pyridine rings is 1. The van der Waals surface area contributed by atoms with Gasteiger partial charge in [0.25, 0.3) is 11.8 Å². The SMILES string of the molecule is O=C(NC1(C(=O)N2CCC3C2C(=O)CN3C(=O)c2ccccn2)CCCCC1)c1cc2sccc2s1. The Morgan fingerprint density at radius 1 is 1.06 bits per heavy atom. The molecule has 0 aromatic carbocycles. The molecule has 3 amide bonds. The summed E-state index contributed by atoms with van der Waals surface area (Å²) in [6.07, 6.45) is 5.88. The molecule has 2 unspecified atom stereocenters. The molecule has 0 bridgehead atoms. The van der Waals surface area contributed by atoms with E-state index in [1.165, 1.54) is 11.3 Å². The maximum Gasteiger partial charge on any atom is 0.273 e. The van der Waals surface area contributed by atoms with Crippen LogP contribution in [-0.4, -0.2) is 69.0 Å². The number of Topliss-reactive ketones (excluding diaryl/α,β-unsaturated/α-hetero) is 1. The lowest BCUT2D eigenvalue weighted by Crippen LogP contribution is -2.62. The van der Waals surface area contributed by atoms with Crippen molar-refractivity contribution in [1.82, 2.24) is 20.1 Å². The highest BCUT2D eigenvalue weighted by Gasteiger charge is 2.55. The van der Waals surface area contributed by atoms with Gasteiger partial charge in [0.1, 0.15) is 17.3 Å². The molecule has 3 aliphatic rings. The summed E-state index contributed by atoms with van der Waals surface area (Å²) in [5.41, 5.74) is -0.733. The van der Waals surface area contributed by atoms with Gasteiger partial charge in [-0.1, -0.05) is 25.3 Å². The first-order valence-electron chi connectivity index (χ1n) is 12.3. The molecule has 1 saturated carbocycles. The van der Waals surface area contributed by atoms with Gasteiger partial charge in [-0.3, -0.25) is 24.2 Å². The fourth-order valence-electron chi connectivity index (χ4n) is 5.94. The molecule has 2 aliphatic heterocycles. The second-order valence-corrected chi connectivity index (χ2v) is 11.8. The number of carbonyl (C=O) groups is 4. The fraction of sp³-hybridized carbons (Fsp3) is 0.423. The van der Waals surface area contributed by atoms with Crippen LogP contribution in [-0.2, 0) is 9.59 Å². The van der Waals surface area contributed by atoms with Gasteiger partial charge >= 0.3 is 0 Å². The molecule has 0 spiro atoms. The molecule has 8 nitrogen and oxygen atoms in total. The van der Waals surface area contributed by atoms with Crippen molar-refractivity contribution in [2.45, 2.75) is 56.1 Å². The molecule has 2 atom stereocenters. The highest BCUT2D eigenvalue weighted by molar-refractivity contribution is 7.27. The third-order valence-electron chi connectivity index (χ3n) is 7.66. The average Bonchev–Trinajstić information content (AvgIpc) is 3.66. The topological polar surface area (TPSA) is 99.7 Å². The molecule has 186 valence electrons. The first-order chi connectivity index (χ1) is 17.5. The Bertz CT molecular complexity index is 1320. The minimum Gasteiger partial charge on any atom is -0.337 e. The molecule has 3 aromatic rings. The number of nitrogens with one attached hydrogen (secondary N) is 1. The first-order valence-corrected chi connectivity index (χ1v) is 14.0. The zero-order valence-corrected chi connectivity index (χ0v) is 21.3. The maximum atomic E-state index is 14.1. The summed E-state index contributed by atoms with van der Waals surface area (Å²) in [6.45, 7) is 0.359. The van der Waals surface area contributed by atoms with Gasteiger partial charge in [-0.15, -0.1) is 22.7 Å². The van der Waals surface area contributed by atoms with Crippen molar-refractivity contribution >= 4 is 55.6 Å². The van der Waals surface area contributed by atoms with E-state index in [1.807, 2.05) is 17.5 Å². The second-order valence-electron chi connectivity index (χ2n) is 9.77. The molecule has 6 rings (SSSR count). The van der Waals surface area contributed by atoms with Crippen LogP contribution in [0.3, 0.4) is 0 Å². The van der Waals surface area contributed by atoms with Crippen molar-refractivity contribution in [1.29, 1.82) is 0 Å². The Labute approximate surface area is 216 Å². The molecular formula is C26H26N4O4S2.